The van der Waals surface area contributed by atoms with Crippen molar-refractivity contribution >= 4 is 39.1 Å². The van der Waals surface area contributed by atoms with E-state index in [4.69, 9.17) is 0 Å². The molecule has 0 saturated heterocycles. The van der Waals surface area contributed by atoms with Gasteiger partial charge in [-0.25, -0.2) is 12.8 Å². The number of aryl methyl sites for hydroxylation is 1. The average Bonchev–Trinajstić information content (AvgIpc) is 3.12. The molecule has 8 nitrogen and oxygen atoms in total. The van der Waals surface area contributed by atoms with Crippen LogP contribution >= 0.6 is 11.8 Å². The van der Waals surface area contributed by atoms with Crippen LogP contribution in [0.1, 0.15) is 18.3 Å². The molecule has 2 aromatic carbocycles. The number of nitrogens with one attached hydrogen (secondary N) is 1. The molecule has 0 bridgehead atoms. The largest absolute Gasteiger partial charge is 0.325 e. The van der Waals surface area contributed by atoms with E-state index in [0.717, 1.165) is 21.8 Å². The Morgan fingerprint density at radius 3 is 2.53 bits per heavy atom. The van der Waals surface area contributed by atoms with Gasteiger partial charge in [0.15, 0.2) is 11.0 Å². The molecule has 1 amide bonds. The highest BCUT2D eigenvalue weighted by molar-refractivity contribution is 7.99. The number of carbonyl (C=O) groups is 1. The Morgan fingerprint density at radius 2 is 1.91 bits per heavy atom. The van der Waals surface area contributed by atoms with Crippen LogP contribution in [0.4, 0.5) is 15.8 Å². The highest BCUT2D eigenvalue weighted by Gasteiger charge is 2.22. The van der Waals surface area contributed by atoms with Gasteiger partial charge in [0.2, 0.25) is 15.9 Å². The molecule has 0 aliphatic rings. The van der Waals surface area contributed by atoms with Crippen molar-refractivity contribution in [2.75, 3.05) is 21.6 Å². The summed E-state index contributed by atoms with van der Waals surface area (Å²) >= 11 is 1.22. The Balaban J connectivity index is 1.73. The number of hydrogen-bond donors (Lipinski definition) is 1. The average molecular weight is 478 g/mol. The van der Waals surface area contributed by atoms with Crippen molar-refractivity contribution in [3.63, 3.8) is 0 Å². The van der Waals surface area contributed by atoms with E-state index in [-0.39, 0.29) is 18.2 Å². The van der Waals surface area contributed by atoms with Gasteiger partial charge >= 0.3 is 0 Å². The minimum absolute atomic E-state index is 0.0681. The number of benzene rings is 2. The normalized spacial score (nSPS) is 11.4. The third-order valence-corrected chi connectivity index (χ3v) is 6.65. The first kappa shape index (κ1) is 23.7. The van der Waals surface area contributed by atoms with Crippen molar-refractivity contribution in [2.24, 2.45) is 0 Å². The number of nitrogens with zero attached hydrogens (tertiary/aromatic N) is 4. The Kier molecular flexibility index (Phi) is 7.52. The fraction of sp³-hybridized carbons (Fsp3) is 0.286. The first-order valence-corrected chi connectivity index (χ1v) is 12.7. The second-order valence-corrected chi connectivity index (χ2v) is 9.94. The van der Waals surface area contributed by atoms with Crippen LogP contribution in [0.2, 0.25) is 0 Å². The third-order valence-electron chi connectivity index (χ3n) is 4.54. The lowest BCUT2D eigenvalue weighted by molar-refractivity contribution is -0.113. The summed E-state index contributed by atoms with van der Waals surface area (Å²) in [4.78, 5) is 12.3. The molecule has 0 unspecified atom stereocenters. The lowest BCUT2D eigenvalue weighted by Crippen LogP contribution is -2.30. The quantitative estimate of drug-likeness (QED) is 0.474. The topological polar surface area (TPSA) is 97.2 Å². The lowest BCUT2D eigenvalue weighted by atomic mass is 10.2. The van der Waals surface area contributed by atoms with E-state index >= 15 is 0 Å². The van der Waals surface area contributed by atoms with Crippen molar-refractivity contribution in [2.45, 2.75) is 32.1 Å². The van der Waals surface area contributed by atoms with E-state index in [1.807, 2.05) is 38.1 Å². The van der Waals surface area contributed by atoms with Crippen molar-refractivity contribution in [3.8, 4) is 0 Å². The number of halogens is 1. The van der Waals surface area contributed by atoms with Crippen LogP contribution in [0.5, 0.6) is 0 Å². The number of carbonyl (C=O) groups excluding carboxylic acids is 1. The summed E-state index contributed by atoms with van der Waals surface area (Å²) in [5.41, 5.74) is 2.09. The van der Waals surface area contributed by atoms with Gasteiger partial charge in [-0.3, -0.25) is 9.10 Å². The predicted molar refractivity (Wildman–Crippen MR) is 124 cm³/mol. The SMILES string of the molecule is CCn1c(CN(c2ccc(F)cc2)S(C)(=O)=O)nnc1SCC(=O)Nc1cccc(C)c1. The van der Waals surface area contributed by atoms with E-state index in [2.05, 4.69) is 15.5 Å². The Morgan fingerprint density at radius 1 is 1.19 bits per heavy atom. The summed E-state index contributed by atoms with van der Waals surface area (Å²) in [6, 6.07) is 12.7. The van der Waals surface area contributed by atoms with Gasteiger partial charge in [-0.2, -0.15) is 0 Å². The van der Waals surface area contributed by atoms with Crippen molar-refractivity contribution in [1.82, 2.24) is 14.8 Å². The second-order valence-electron chi connectivity index (χ2n) is 7.10. The third kappa shape index (κ3) is 6.07. The molecule has 0 aliphatic heterocycles. The molecular weight excluding hydrogens is 453 g/mol. The molecule has 3 rings (SSSR count). The van der Waals surface area contributed by atoms with Crippen molar-refractivity contribution < 1.29 is 17.6 Å². The molecular formula is C21H24FN5O3S2. The monoisotopic (exact) mass is 477 g/mol. The number of rotatable bonds is 9. The molecule has 32 heavy (non-hydrogen) atoms. The van der Waals surface area contributed by atoms with E-state index in [1.165, 1.54) is 36.0 Å². The standard InChI is InChI=1S/C21H24FN5O3S2/c1-4-26-19(13-27(32(3,29)30)18-10-8-16(22)9-11-18)24-25-21(26)31-14-20(28)23-17-7-5-6-15(2)12-17/h5-12H,4,13-14H2,1-3H3,(H,23,28). The molecule has 0 atom stereocenters. The molecule has 1 heterocycles. The molecule has 1 aromatic heterocycles. The Labute approximate surface area is 190 Å². The Bertz CT molecular complexity index is 1200. The number of aromatic nitrogens is 3. The molecule has 0 radical (unpaired) electrons. The van der Waals surface area contributed by atoms with Gasteiger partial charge < -0.3 is 9.88 Å². The zero-order valence-electron chi connectivity index (χ0n) is 17.9. The number of amides is 1. The molecule has 0 saturated carbocycles. The highest BCUT2D eigenvalue weighted by atomic mass is 32.2. The van der Waals surface area contributed by atoms with Crippen molar-refractivity contribution in [3.05, 3.63) is 65.7 Å². The van der Waals surface area contributed by atoms with Crippen LogP contribution < -0.4 is 9.62 Å². The van der Waals surface area contributed by atoms with Crippen LogP contribution in [-0.4, -0.2) is 41.1 Å². The molecule has 170 valence electrons. The van der Waals surface area contributed by atoms with Crippen molar-refractivity contribution in [1.29, 1.82) is 0 Å². The minimum Gasteiger partial charge on any atom is -0.325 e. The number of anilines is 2. The van der Waals surface area contributed by atoms with E-state index < -0.39 is 15.8 Å². The van der Waals surface area contributed by atoms with Crippen LogP contribution in [-0.2, 0) is 27.9 Å². The van der Waals surface area contributed by atoms with E-state index in [1.54, 1.807) is 4.57 Å². The first-order valence-electron chi connectivity index (χ1n) is 9.82. The summed E-state index contributed by atoms with van der Waals surface area (Å²) in [6.45, 7) is 4.25. The zero-order chi connectivity index (χ0) is 23.3. The summed E-state index contributed by atoms with van der Waals surface area (Å²) in [5, 5.41) is 11.6. The fourth-order valence-electron chi connectivity index (χ4n) is 3.05. The summed E-state index contributed by atoms with van der Waals surface area (Å²) in [6.07, 6.45) is 1.08. The van der Waals surface area contributed by atoms with Gasteiger partial charge in [0.1, 0.15) is 5.82 Å². The minimum atomic E-state index is -3.65. The van der Waals surface area contributed by atoms with Crippen LogP contribution in [0.15, 0.2) is 53.7 Å². The van der Waals surface area contributed by atoms with Crippen LogP contribution in [0.25, 0.3) is 0 Å². The second kappa shape index (κ2) is 10.1. The number of sulfonamides is 1. The molecule has 1 N–H and O–H groups in total. The van der Waals surface area contributed by atoms with Gasteiger partial charge in [0.05, 0.1) is 24.2 Å². The molecule has 0 spiro atoms. The van der Waals surface area contributed by atoms with Gasteiger partial charge in [0.25, 0.3) is 0 Å². The first-order chi connectivity index (χ1) is 15.2. The molecule has 11 heteroatoms. The molecule has 0 fully saturated rings. The molecule has 3 aromatic rings. The van der Waals surface area contributed by atoms with Gasteiger partial charge in [-0.05, 0) is 55.8 Å². The highest BCUT2D eigenvalue weighted by Crippen LogP contribution is 2.23. The maximum atomic E-state index is 13.3. The van der Waals surface area contributed by atoms with Gasteiger partial charge in [-0.15, -0.1) is 10.2 Å². The summed E-state index contributed by atoms with van der Waals surface area (Å²) in [7, 11) is -3.65. The van der Waals surface area contributed by atoms with Crippen LogP contribution in [0.3, 0.4) is 0 Å². The smallest absolute Gasteiger partial charge is 0.234 e. The van der Waals surface area contributed by atoms with Gasteiger partial charge in [0, 0.05) is 12.2 Å². The number of thioether (sulfide) groups is 1. The summed E-state index contributed by atoms with van der Waals surface area (Å²) in [5.74, 6) is -0.0953. The summed E-state index contributed by atoms with van der Waals surface area (Å²) < 4.78 is 40.9. The maximum absolute atomic E-state index is 13.3. The van der Waals surface area contributed by atoms with Crippen LogP contribution in [0, 0.1) is 12.7 Å². The number of hydrogen-bond acceptors (Lipinski definition) is 6. The van der Waals surface area contributed by atoms with E-state index in [0.29, 0.717) is 23.2 Å². The Hall–Kier alpha value is -2.92. The lowest BCUT2D eigenvalue weighted by Gasteiger charge is -2.22. The van der Waals surface area contributed by atoms with Gasteiger partial charge in [-0.1, -0.05) is 23.9 Å². The maximum Gasteiger partial charge on any atom is 0.234 e. The molecule has 0 aliphatic carbocycles. The zero-order valence-corrected chi connectivity index (χ0v) is 19.6. The fourth-order valence-corrected chi connectivity index (χ4v) is 4.72. The predicted octanol–water partition coefficient (Wildman–Crippen LogP) is 3.44. The van der Waals surface area contributed by atoms with E-state index in [9.17, 15) is 17.6 Å².